The lowest BCUT2D eigenvalue weighted by atomic mass is 10.2. The van der Waals surface area contributed by atoms with Crippen LogP contribution in [0.15, 0.2) is 18.3 Å². The number of hydrogen-bond acceptors (Lipinski definition) is 3. The van der Waals surface area contributed by atoms with Gasteiger partial charge in [0.25, 0.3) is 0 Å². The van der Waals surface area contributed by atoms with Crippen molar-refractivity contribution in [2.75, 3.05) is 18.5 Å². The van der Waals surface area contributed by atoms with Crippen LogP contribution in [-0.4, -0.2) is 23.7 Å². The number of nitrogens with zero attached hydrogens (tertiary/aromatic N) is 2. The first-order chi connectivity index (χ1) is 7.70. The van der Waals surface area contributed by atoms with Crippen LogP contribution in [0.25, 0.3) is 0 Å². The standard InChI is InChI=1S/C13H20N2O/c1-3-13(16)12-7-6-11(8-14-12)15(2)9-10-4-5-10/h6-8,10,13,16H,3-5,9H2,1-2H3. The van der Waals surface area contributed by atoms with Crippen molar-refractivity contribution in [2.45, 2.75) is 32.3 Å². The van der Waals surface area contributed by atoms with Crippen molar-refractivity contribution in [3.63, 3.8) is 0 Å². The normalized spacial score (nSPS) is 17.2. The topological polar surface area (TPSA) is 36.4 Å². The van der Waals surface area contributed by atoms with E-state index in [1.807, 2.05) is 25.3 Å². The first-order valence-corrected chi connectivity index (χ1v) is 6.06. The van der Waals surface area contributed by atoms with Gasteiger partial charge in [-0.3, -0.25) is 4.98 Å². The molecule has 0 saturated heterocycles. The van der Waals surface area contributed by atoms with Crippen molar-refractivity contribution < 1.29 is 5.11 Å². The molecule has 1 aromatic heterocycles. The zero-order valence-electron chi connectivity index (χ0n) is 10.1. The summed E-state index contributed by atoms with van der Waals surface area (Å²) in [5.74, 6) is 0.880. The van der Waals surface area contributed by atoms with Crippen LogP contribution < -0.4 is 4.90 Å². The monoisotopic (exact) mass is 220 g/mol. The van der Waals surface area contributed by atoms with Gasteiger partial charge in [-0.05, 0) is 37.3 Å². The predicted molar refractivity (Wildman–Crippen MR) is 65.5 cm³/mol. The number of anilines is 1. The minimum absolute atomic E-state index is 0.428. The third kappa shape index (κ3) is 2.73. The van der Waals surface area contributed by atoms with Gasteiger partial charge in [0.1, 0.15) is 0 Å². The van der Waals surface area contributed by atoms with Crippen molar-refractivity contribution in [1.82, 2.24) is 4.98 Å². The van der Waals surface area contributed by atoms with E-state index in [9.17, 15) is 5.11 Å². The highest BCUT2D eigenvalue weighted by atomic mass is 16.3. The van der Waals surface area contributed by atoms with E-state index in [0.717, 1.165) is 23.8 Å². The largest absolute Gasteiger partial charge is 0.387 e. The summed E-state index contributed by atoms with van der Waals surface area (Å²) in [6.07, 6.45) is 4.87. The number of aliphatic hydroxyl groups excluding tert-OH is 1. The molecule has 1 saturated carbocycles. The fourth-order valence-electron chi connectivity index (χ4n) is 1.82. The summed E-state index contributed by atoms with van der Waals surface area (Å²) < 4.78 is 0. The lowest BCUT2D eigenvalue weighted by Crippen LogP contribution is -2.20. The summed E-state index contributed by atoms with van der Waals surface area (Å²) in [5.41, 5.74) is 1.91. The van der Waals surface area contributed by atoms with Crippen molar-refractivity contribution in [3.8, 4) is 0 Å². The molecular formula is C13H20N2O. The maximum absolute atomic E-state index is 9.64. The number of pyridine rings is 1. The van der Waals surface area contributed by atoms with E-state index >= 15 is 0 Å². The molecule has 0 spiro atoms. The van der Waals surface area contributed by atoms with Gasteiger partial charge in [-0.15, -0.1) is 0 Å². The van der Waals surface area contributed by atoms with Crippen molar-refractivity contribution in [1.29, 1.82) is 0 Å². The van der Waals surface area contributed by atoms with Gasteiger partial charge in [-0.2, -0.15) is 0 Å². The summed E-state index contributed by atoms with van der Waals surface area (Å²) in [6.45, 7) is 3.08. The van der Waals surface area contributed by atoms with Crippen LogP contribution in [0.4, 0.5) is 5.69 Å². The Labute approximate surface area is 97.1 Å². The molecule has 0 bridgehead atoms. The summed E-state index contributed by atoms with van der Waals surface area (Å²) in [6, 6.07) is 3.97. The van der Waals surface area contributed by atoms with Crippen LogP contribution in [0.1, 0.15) is 38.0 Å². The van der Waals surface area contributed by atoms with Gasteiger partial charge in [0, 0.05) is 13.6 Å². The van der Waals surface area contributed by atoms with Crippen molar-refractivity contribution >= 4 is 5.69 Å². The van der Waals surface area contributed by atoms with E-state index in [-0.39, 0.29) is 0 Å². The van der Waals surface area contributed by atoms with Crippen LogP contribution in [0, 0.1) is 5.92 Å². The molecular weight excluding hydrogens is 200 g/mol. The molecule has 1 unspecified atom stereocenters. The maximum Gasteiger partial charge on any atom is 0.0957 e. The Hall–Kier alpha value is -1.09. The third-order valence-corrected chi connectivity index (χ3v) is 3.17. The van der Waals surface area contributed by atoms with E-state index in [1.54, 1.807) is 0 Å². The highest BCUT2D eigenvalue weighted by Gasteiger charge is 2.23. The zero-order valence-corrected chi connectivity index (χ0v) is 10.1. The predicted octanol–water partition coefficient (Wildman–Crippen LogP) is 2.37. The second-order valence-electron chi connectivity index (χ2n) is 4.69. The van der Waals surface area contributed by atoms with Crippen molar-refractivity contribution in [2.24, 2.45) is 5.92 Å². The highest BCUT2D eigenvalue weighted by molar-refractivity contribution is 5.44. The average Bonchev–Trinajstić information content (AvgIpc) is 3.12. The Kier molecular flexibility index (Phi) is 3.44. The molecule has 1 N–H and O–H groups in total. The SMILES string of the molecule is CCC(O)c1ccc(N(C)CC2CC2)cn1. The van der Waals surface area contributed by atoms with Gasteiger partial charge >= 0.3 is 0 Å². The molecule has 1 aliphatic carbocycles. The smallest absolute Gasteiger partial charge is 0.0957 e. The number of aliphatic hydroxyl groups is 1. The molecule has 0 amide bonds. The Morgan fingerprint density at radius 3 is 2.75 bits per heavy atom. The summed E-state index contributed by atoms with van der Waals surface area (Å²) in [5, 5.41) is 9.64. The minimum Gasteiger partial charge on any atom is -0.387 e. The minimum atomic E-state index is -0.428. The fraction of sp³-hybridized carbons (Fsp3) is 0.615. The lowest BCUT2D eigenvalue weighted by molar-refractivity contribution is 0.169. The van der Waals surface area contributed by atoms with Crippen molar-refractivity contribution in [3.05, 3.63) is 24.0 Å². The molecule has 0 radical (unpaired) electrons. The molecule has 1 fully saturated rings. The molecule has 1 aromatic rings. The van der Waals surface area contributed by atoms with Gasteiger partial charge in [0.05, 0.1) is 23.7 Å². The quantitative estimate of drug-likeness (QED) is 0.827. The Bertz CT molecular complexity index is 332. The van der Waals surface area contributed by atoms with Gasteiger partial charge < -0.3 is 10.0 Å². The van der Waals surface area contributed by atoms with E-state index < -0.39 is 6.10 Å². The summed E-state index contributed by atoms with van der Waals surface area (Å²) in [4.78, 5) is 6.55. The molecule has 3 heteroatoms. The number of hydrogen-bond donors (Lipinski definition) is 1. The second-order valence-corrected chi connectivity index (χ2v) is 4.69. The zero-order chi connectivity index (χ0) is 11.5. The van der Waals surface area contributed by atoms with Gasteiger partial charge in [-0.1, -0.05) is 6.92 Å². The van der Waals surface area contributed by atoms with Gasteiger partial charge in [0.15, 0.2) is 0 Å². The van der Waals surface area contributed by atoms with Crippen LogP contribution in [0.2, 0.25) is 0 Å². The second kappa shape index (κ2) is 4.83. The van der Waals surface area contributed by atoms with Crippen LogP contribution in [0.5, 0.6) is 0 Å². The van der Waals surface area contributed by atoms with Crippen LogP contribution in [-0.2, 0) is 0 Å². The fourth-order valence-corrected chi connectivity index (χ4v) is 1.82. The third-order valence-electron chi connectivity index (χ3n) is 3.17. The van der Waals surface area contributed by atoms with E-state index in [4.69, 9.17) is 0 Å². The Balaban J connectivity index is 1.99. The molecule has 88 valence electrons. The first kappa shape index (κ1) is 11.4. The molecule has 1 aliphatic rings. The first-order valence-electron chi connectivity index (χ1n) is 6.06. The molecule has 1 atom stereocenters. The van der Waals surface area contributed by atoms with Crippen LogP contribution >= 0.6 is 0 Å². The summed E-state index contributed by atoms with van der Waals surface area (Å²) in [7, 11) is 2.10. The summed E-state index contributed by atoms with van der Waals surface area (Å²) >= 11 is 0. The Morgan fingerprint density at radius 2 is 2.25 bits per heavy atom. The average molecular weight is 220 g/mol. The van der Waals surface area contributed by atoms with Gasteiger partial charge in [0.2, 0.25) is 0 Å². The molecule has 0 aliphatic heterocycles. The number of rotatable bonds is 5. The van der Waals surface area contributed by atoms with Gasteiger partial charge in [-0.25, -0.2) is 0 Å². The van der Waals surface area contributed by atoms with E-state index in [0.29, 0.717) is 6.42 Å². The maximum atomic E-state index is 9.64. The molecule has 16 heavy (non-hydrogen) atoms. The van der Waals surface area contributed by atoms with Crippen LogP contribution in [0.3, 0.4) is 0 Å². The molecule has 0 aromatic carbocycles. The van der Waals surface area contributed by atoms with E-state index in [2.05, 4.69) is 16.9 Å². The molecule has 1 heterocycles. The Morgan fingerprint density at radius 1 is 1.50 bits per heavy atom. The molecule has 2 rings (SSSR count). The lowest BCUT2D eigenvalue weighted by Gasteiger charge is -2.19. The highest BCUT2D eigenvalue weighted by Crippen LogP contribution is 2.30. The van der Waals surface area contributed by atoms with E-state index in [1.165, 1.54) is 12.8 Å². The molecule has 3 nitrogen and oxygen atoms in total. The number of aromatic nitrogens is 1.